The number of nitrogens with zero attached hydrogens (tertiary/aromatic N) is 2. The van der Waals surface area contributed by atoms with Gasteiger partial charge in [0.1, 0.15) is 34.3 Å². The van der Waals surface area contributed by atoms with Crippen molar-refractivity contribution in [3.05, 3.63) is 42.7 Å². The van der Waals surface area contributed by atoms with Crippen LogP contribution in [0.1, 0.15) is 6.42 Å². The maximum atomic E-state index is 13.3. The number of benzene rings is 1. The smallest absolute Gasteiger partial charge is 0.247 e. The number of rotatable bonds is 7. The van der Waals surface area contributed by atoms with Crippen LogP contribution in [0.5, 0.6) is 17.2 Å². The summed E-state index contributed by atoms with van der Waals surface area (Å²) in [5.41, 5.74) is 5.48. The molecule has 1 saturated heterocycles. The van der Waals surface area contributed by atoms with Gasteiger partial charge in [0.2, 0.25) is 15.9 Å². The molecule has 1 aromatic heterocycles. The van der Waals surface area contributed by atoms with Gasteiger partial charge < -0.3 is 19.9 Å². The Hall–Kier alpha value is -2.85. The van der Waals surface area contributed by atoms with Gasteiger partial charge in [-0.25, -0.2) is 8.42 Å². The number of methoxy groups -OCH3 is 2. The summed E-state index contributed by atoms with van der Waals surface area (Å²) in [6, 6.07) is 6.79. The molecule has 0 unspecified atom stereocenters. The van der Waals surface area contributed by atoms with Gasteiger partial charge in [0, 0.05) is 18.7 Å². The number of hydrogen-bond donors (Lipinski definition) is 1. The maximum Gasteiger partial charge on any atom is 0.247 e. The highest BCUT2D eigenvalue weighted by molar-refractivity contribution is 7.89. The van der Waals surface area contributed by atoms with Crippen molar-refractivity contribution in [3.8, 4) is 17.2 Å². The Labute approximate surface area is 163 Å². The molecule has 0 radical (unpaired) electrons. The largest absolute Gasteiger partial charge is 0.497 e. The van der Waals surface area contributed by atoms with Gasteiger partial charge >= 0.3 is 0 Å². The van der Waals surface area contributed by atoms with E-state index in [9.17, 15) is 13.2 Å². The van der Waals surface area contributed by atoms with E-state index < -0.39 is 28.1 Å². The van der Waals surface area contributed by atoms with Crippen LogP contribution in [0, 0.1) is 0 Å². The van der Waals surface area contributed by atoms with Gasteiger partial charge in [0.25, 0.3) is 0 Å². The van der Waals surface area contributed by atoms with Gasteiger partial charge in [0.15, 0.2) is 0 Å². The fourth-order valence-corrected chi connectivity index (χ4v) is 4.91. The molecular weight excluding hydrogens is 386 g/mol. The number of nitrogens with two attached hydrogens (primary N) is 1. The van der Waals surface area contributed by atoms with E-state index in [1.807, 2.05) is 0 Å². The van der Waals surface area contributed by atoms with E-state index >= 15 is 0 Å². The van der Waals surface area contributed by atoms with Crippen LogP contribution in [-0.4, -0.2) is 56.5 Å². The molecule has 0 spiro atoms. The predicted molar refractivity (Wildman–Crippen MR) is 99.7 cm³/mol. The molecule has 0 bridgehead atoms. The summed E-state index contributed by atoms with van der Waals surface area (Å²) in [4.78, 5) is 15.8. The lowest BCUT2D eigenvalue weighted by atomic mass is 10.2. The van der Waals surface area contributed by atoms with Crippen LogP contribution < -0.4 is 19.9 Å². The fraction of sp³-hybridized carbons (Fsp3) is 0.333. The summed E-state index contributed by atoms with van der Waals surface area (Å²) >= 11 is 0. The quantitative estimate of drug-likeness (QED) is 0.720. The highest BCUT2D eigenvalue weighted by Crippen LogP contribution is 2.34. The minimum absolute atomic E-state index is 0.0365. The Morgan fingerprint density at radius 3 is 2.61 bits per heavy atom. The lowest BCUT2D eigenvalue weighted by molar-refractivity contribution is -0.121. The molecule has 2 N–H and O–H groups in total. The first-order chi connectivity index (χ1) is 13.4. The molecule has 2 atom stereocenters. The van der Waals surface area contributed by atoms with E-state index in [0.717, 1.165) is 4.31 Å². The summed E-state index contributed by atoms with van der Waals surface area (Å²) in [6.45, 7) is -0.0365. The Morgan fingerprint density at radius 1 is 1.21 bits per heavy atom. The SMILES string of the molecule is COc1ccc(OC)c(S(=O)(=O)N2C[C@@H](Oc3cccnc3)C[C@H]2C(N)=O)c1. The van der Waals surface area contributed by atoms with Crippen LogP contribution >= 0.6 is 0 Å². The monoisotopic (exact) mass is 407 g/mol. The van der Waals surface area contributed by atoms with Crippen LogP contribution in [0.3, 0.4) is 0 Å². The summed E-state index contributed by atoms with van der Waals surface area (Å²) in [6.07, 6.45) is 2.70. The van der Waals surface area contributed by atoms with E-state index in [1.54, 1.807) is 24.4 Å². The normalized spacial score (nSPS) is 19.9. The van der Waals surface area contributed by atoms with Crippen molar-refractivity contribution < 1.29 is 27.4 Å². The van der Waals surface area contributed by atoms with Gasteiger partial charge in [-0.05, 0) is 24.3 Å². The maximum absolute atomic E-state index is 13.3. The lowest BCUT2D eigenvalue weighted by Gasteiger charge is -2.22. The van der Waals surface area contributed by atoms with Crippen LogP contribution in [0.25, 0.3) is 0 Å². The number of sulfonamides is 1. The number of hydrogen-bond acceptors (Lipinski definition) is 7. The minimum Gasteiger partial charge on any atom is -0.497 e. The van der Waals surface area contributed by atoms with E-state index in [-0.39, 0.29) is 23.6 Å². The second-order valence-electron chi connectivity index (χ2n) is 6.17. The number of amides is 1. The second kappa shape index (κ2) is 8.03. The first-order valence-corrected chi connectivity index (χ1v) is 9.90. The molecule has 2 heterocycles. The van der Waals surface area contributed by atoms with Gasteiger partial charge in [-0.2, -0.15) is 4.31 Å². The highest BCUT2D eigenvalue weighted by Gasteiger charge is 2.45. The number of primary amides is 1. The summed E-state index contributed by atoms with van der Waals surface area (Å²) in [7, 11) is -1.31. The van der Waals surface area contributed by atoms with E-state index in [4.69, 9.17) is 19.9 Å². The zero-order valence-electron chi connectivity index (χ0n) is 15.4. The molecule has 3 rings (SSSR count). The number of carbonyl (C=O) groups is 1. The molecule has 0 saturated carbocycles. The summed E-state index contributed by atoms with van der Waals surface area (Å²) in [5.74, 6) is 0.217. The molecule has 1 aliphatic rings. The number of carbonyl (C=O) groups excluding carboxylic acids is 1. The van der Waals surface area contributed by atoms with Gasteiger partial charge in [-0.15, -0.1) is 0 Å². The first kappa shape index (κ1) is 19.9. The molecule has 0 aliphatic carbocycles. The third-order valence-electron chi connectivity index (χ3n) is 4.44. The van der Waals surface area contributed by atoms with Gasteiger partial charge in [-0.3, -0.25) is 9.78 Å². The van der Waals surface area contributed by atoms with Crippen molar-refractivity contribution >= 4 is 15.9 Å². The standard InChI is InChI=1S/C18H21N3O6S/c1-25-12-5-6-16(26-2)17(9-12)28(23,24)21-11-14(8-15(21)18(19)22)27-13-4-3-7-20-10-13/h3-7,9-10,14-15H,8,11H2,1-2H3,(H2,19,22)/t14-,15-/m0/s1. The Balaban J connectivity index is 1.94. The average molecular weight is 407 g/mol. The Bertz CT molecular complexity index is 951. The van der Waals surface area contributed by atoms with E-state index in [1.165, 1.54) is 32.5 Å². The molecule has 28 heavy (non-hydrogen) atoms. The summed E-state index contributed by atoms with van der Waals surface area (Å²) < 4.78 is 43.8. The van der Waals surface area contributed by atoms with Crippen molar-refractivity contribution in [3.63, 3.8) is 0 Å². The van der Waals surface area contributed by atoms with Crippen LogP contribution in [0.2, 0.25) is 0 Å². The summed E-state index contributed by atoms with van der Waals surface area (Å²) in [5, 5.41) is 0. The van der Waals surface area contributed by atoms with Crippen LogP contribution in [-0.2, 0) is 14.8 Å². The fourth-order valence-electron chi connectivity index (χ4n) is 3.10. The van der Waals surface area contributed by atoms with E-state index in [2.05, 4.69) is 4.98 Å². The minimum atomic E-state index is -4.10. The van der Waals surface area contributed by atoms with Crippen molar-refractivity contribution in [2.24, 2.45) is 5.73 Å². The molecule has 10 heteroatoms. The van der Waals surface area contributed by atoms with Crippen molar-refractivity contribution in [2.45, 2.75) is 23.5 Å². The topological polar surface area (TPSA) is 121 Å². The lowest BCUT2D eigenvalue weighted by Crippen LogP contribution is -2.43. The van der Waals surface area contributed by atoms with Gasteiger partial charge in [0.05, 0.1) is 27.0 Å². The molecule has 2 aromatic rings. The van der Waals surface area contributed by atoms with Crippen LogP contribution in [0.15, 0.2) is 47.6 Å². The average Bonchev–Trinajstić information content (AvgIpc) is 3.13. The third kappa shape index (κ3) is 3.87. The van der Waals surface area contributed by atoms with Gasteiger partial charge in [-0.1, -0.05) is 0 Å². The second-order valence-corrected chi connectivity index (χ2v) is 8.03. The van der Waals surface area contributed by atoms with Crippen molar-refractivity contribution in [2.75, 3.05) is 20.8 Å². The molecule has 1 amide bonds. The molecule has 1 fully saturated rings. The third-order valence-corrected chi connectivity index (χ3v) is 6.34. The Kier molecular flexibility index (Phi) is 5.71. The number of pyridine rings is 1. The predicted octanol–water partition coefficient (Wildman–Crippen LogP) is 0.795. The zero-order chi connectivity index (χ0) is 20.3. The van der Waals surface area contributed by atoms with Crippen molar-refractivity contribution in [1.29, 1.82) is 0 Å². The van der Waals surface area contributed by atoms with E-state index in [0.29, 0.717) is 11.5 Å². The zero-order valence-corrected chi connectivity index (χ0v) is 16.3. The molecule has 9 nitrogen and oxygen atoms in total. The van der Waals surface area contributed by atoms with Crippen LogP contribution in [0.4, 0.5) is 0 Å². The number of ether oxygens (including phenoxy) is 3. The first-order valence-electron chi connectivity index (χ1n) is 8.46. The molecule has 1 aliphatic heterocycles. The highest BCUT2D eigenvalue weighted by atomic mass is 32.2. The Morgan fingerprint density at radius 2 is 2.00 bits per heavy atom. The number of aromatic nitrogens is 1. The molecule has 150 valence electrons. The molecule has 1 aromatic carbocycles. The molecular formula is C18H21N3O6S. The van der Waals surface area contributed by atoms with Crippen molar-refractivity contribution in [1.82, 2.24) is 9.29 Å².